The van der Waals surface area contributed by atoms with Crippen molar-refractivity contribution in [3.8, 4) is 0 Å². The molecule has 0 unspecified atom stereocenters. The average molecular weight is 375 g/mol. The predicted octanol–water partition coefficient (Wildman–Crippen LogP) is 3.38. The van der Waals surface area contributed by atoms with Crippen LogP contribution in [0.3, 0.4) is 0 Å². The van der Waals surface area contributed by atoms with Crippen LogP contribution in [0.2, 0.25) is 0 Å². The maximum atomic E-state index is 12.4. The Morgan fingerprint density at radius 3 is 2.61 bits per heavy atom. The van der Waals surface area contributed by atoms with Crippen molar-refractivity contribution in [2.45, 2.75) is 19.8 Å². The van der Waals surface area contributed by atoms with Crippen LogP contribution < -0.4 is 15.5 Å². The summed E-state index contributed by atoms with van der Waals surface area (Å²) in [6.45, 7) is 5.16. The molecule has 4 rings (SSSR count). The van der Waals surface area contributed by atoms with Crippen LogP contribution in [0, 0.1) is 6.92 Å². The van der Waals surface area contributed by atoms with Crippen LogP contribution >= 0.6 is 0 Å². The largest absolute Gasteiger partial charge is 0.356 e. The van der Waals surface area contributed by atoms with Crippen molar-refractivity contribution >= 4 is 28.4 Å². The summed E-state index contributed by atoms with van der Waals surface area (Å²) in [5.41, 5.74) is 1.61. The number of anilines is 2. The molecule has 2 heterocycles. The summed E-state index contributed by atoms with van der Waals surface area (Å²) in [4.78, 5) is 23.8. The minimum atomic E-state index is -0.0736. The maximum absolute atomic E-state index is 12.4. The van der Waals surface area contributed by atoms with Gasteiger partial charge >= 0.3 is 0 Å². The Morgan fingerprint density at radius 2 is 1.79 bits per heavy atom. The van der Waals surface area contributed by atoms with Gasteiger partial charge < -0.3 is 15.5 Å². The quantitative estimate of drug-likeness (QED) is 0.647. The van der Waals surface area contributed by atoms with Crippen molar-refractivity contribution < 1.29 is 4.79 Å². The molecular weight excluding hydrogens is 350 g/mol. The number of nitrogens with one attached hydrogen (secondary N) is 2. The first-order chi connectivity index (χ1) is 13.7. The molecule has 28 heavy (non-hydrogen) atoms. The molecule has 2 aromatic carbocycles. The van der Waals surface area contributed by atoms with Crippen molar-refractivity contribution in [1.82, 2.24) is 15.3 Å². The molecule has 3 aromatic rings. The Labute approximate surface area is 165 Å². The molecule has 144 valence electrons. The molecular formula is C22H25N5O. The zero-order valence-corrected chi connectivity index (χ0v) is 16.1. The fourth-order valence-corrected chi connectivity index (χ4v) is 3.52. The van der Waals surface area contributed by atoms with Gasteiger partial charge in [0.05, 0.1) is 0 Å². The van der Waals surface area contributed by atoms with Gasteiger partial charge in [0.25, 0.3) is 5.91 Å². The lowest BCUT2D eigenvalue weighted by Crippen LogP contribution is -2.29. The van der Waals surface area contributed by atoms with Gasteiger partial charge in [0.1, 0.15) is 5.82 Å². The summed E-state index contributed by atoms with van der Waals surface area (Å²) in [6, 6.07) is 15.8. The van der Waals surface area contributed by atoms with Gasteiger partial charge in [-0.15, -0.1) is 0 Å². The van der Waals surface area contributed by atoms with Gasteiger partial charge in [0.15, 0.2) is 0 Å². The van der Waals surface area contributed by atoms with Gasteiger partial charge in [-0.1, -0.05) is 30.3 Å². The molecule has 1 aromatic heterocycles. The number of carbonyl (C=O) groups excluding carboxylic acids is 1. The van der Waals surface area contributed by atoms with Crippen molar-refractivity contribution in [3.63, 3.8) is 0 Å². The van der Waals surface area contributed by atoms with E-state index in [0.29, 0.717) is 24.6 Å². The second-order valence-corrected chi connectivity index (χ2v) is 7.13. The Kier molecular flexibility index (Phi) is 5.37. The summed E-state index contributed by atoms with van der Waals surface area (Å²) in [6.07, 6.45) is 2.43. The molecule has 2 N–H and O–H groups in total. The topological polar surface area (TPSA) is 70.2 Å². The molecule has 0 atom stereocenters. The monoisotopic (exact) mass is 375 g/mol. The third kappa shape index (κ3) is 4.22. The molecule has 6 heteroatoms. The van der Waals surface area contributed by atoms with E-state index < -0.39 is 0 Å². The first-order valence-electron chi connectivity index (χ1n) is 9.80. The molecule has 1 aliphatic rings. The Balaban J connectivity index is 1.32. The predicted molar refractivity (Wildman–Crippen MR) is 113 cm³/mol. The van der Waals surface area contributed by atoms with Gasteiger partial charge in [0, 0.05) is 43.5 Å². The molecule has 1 aliphatic heterocycles. The summed E-state index contributed by atoms with van der Waals surface area (Å²) in [5, 5.41) is 8.37. The van der Waals surface area contributed by atoms with Crippen LogP contribution in [0.15, 0.2) is 48.5 Å². The summed E-state index contributed by atoms with van der Waals surface area (Å²) >= 11 is 0. The normalized spacial score (nSPS) is 13.7. The first-order valence-corrected chi connectivity index (χ1v) is 9.80. The van der Waals surface area contributed by atoms with E-state index in [1.54, 1.807) is 0 Å². The van der Waals surface area contributed by atoms with Crippen LogP contribution in [0.4, 0.5) is 11.8 Å². The van der Waals surface area contributed by atoms with E-state index in [0.717, 1.165) is 35.4 Å². The van der Waals surface area contributed by atoms with E-state index >= 15 is 0 Å². The lowest BCUT2D eigenvalue weighted by molar-refractivity contribution is 0.0955. The summed E-state index contributed by atoms with van der Waals surface area (Å²) < 4.78 is 0. The molecule has 6 nitrogen and oxygen atoms in total. The zero-order chi connectivity index (χ0) is 19.3. The van der Waals surface area contributed by atoms with E-state index in [-0.39, 0.29) is 5.91 Å². The van der Waals surface area contributed by atoms with Crippen LogP contribution in [0.25, 0.3) is 10.8 Å². The highest BCUT2D eigenvalue weighted by molar-refractivity contribution is 5.98. The highest BCUT2D eigenvalue weighted by Gasteiger charge is 2.15. The molecule has 1 saturated heterocycles. The van der Waals surface area contributed by atoms with Crippen LogP contribution in [0.5, 0.6) is 0 Å². The Bertz CT molecular complexity index is 982. The Hall–Kier alpha value is -3.15. The highest BCUT2D eigenvalue weighted by atomic mass is 16.1. The fourth-order valence-electron chi connectivity index (χ4n) is 3.52. The number of nitrogens with zero attached hydrogens (tertiary/aromatic N) is 3. The van der Waals surface area contributed by atoms with E-state index in [4.69, 9.17) is 0 Å². The molecule has 1 fully saturated rings. The van der Waals surface area contributed by atoms with Crippen molar-refractivity contribution in [2.75, 3.05) is 36.4 Å². The molecule has 0 aliphatic carbocycles. The van der Waals surface area contributed by atoms with E-state index in [1.807, 2.05) is 55.5 Å². The zero-order valence-electron chi connectivity index (χ0n) is 16.1. The molecule has 0 radical (unpaired) electrons. The number of fused-ring (bicyclic) bond motifs is 1. The fraction of sp³-hybridized carbons (Fsp3) is 0.318. The molecule has 0 spiro atoms. The van der Waals surface area contributed by atoms with Crippen molar-refractivity contribution in [2.24, 2.45) is 0 Å². The molecule has 1 amide bonds. The minimum Gasteiger partial charge on any atom is -0.356 e. The molecule has 0 bridgehead atoms. The van der Waals surface area contributed by atoms with Gasteiger partial charge in [0.2, 0.25) is 5.95 Å². The van der Waals surface area contributed by atoms with E-state index in [2.05, 4.69) is 25.5 Å². The smallest absolute Gasteiger partial charge is 0.251 e. The van der Waals surface area contributed by atoms with E-state index in [9.17, 15) is 4.79 Å². The minimum absolute atomic E-state index is 0.0736. The second-order valence-electron chi connectivity index (χ2n) is 7.13. The summed E-state index contributed by atoms with van der Waals surface area (Å²) in [5.74, 6) is 1.52. The third-order valence-corrected chi connectivity index (χ3v) is 4.98. The standard InChI is InChI=1S/C22H25N5O/c1-16-14-20(27-12-4-5-13-27)26-22(25-16)24-11-10-23-21(28)19-9-8-17-6-2-3-7-18(17)15-19/h2-3,6-9,14-15H,4-5,10-13H2,1H3,(H,23,28)(H,24,25,26). The SMILES string of the molecule is Cc1cc(N2CCCC2)nc(NCCNC(=O)c2ccc3ccccc3c2)n1. The van der Waals surface area contributed by atoms with Crippen molar-refractivity contribution in [3.05, 3.63) is 59.8 Å². The van der Waals surface area contributed by atoms with E-state index in [1.165, 1.54) is 12.8 Å². The number of rotatable bonds is 6. The highest BCUT2D eigenvalue weighted by Crippen LogP contribution is 2.19. The number of amides is 1. The lowest BCUT2D eigenvalue weighted by atomic mass is 10.1. The van der Waals surface area contributed by atoms with Gasteiger partial charge in [-0.25, -0.2) is 4.98 Å². The number of aryl methyl sites for hydroxylation is 1. The average Bonchev–Trinajstić information content (AvgIpc) is 3.25. The number of hydrogen-bond donors (Lipinski definition) is 2. The maximum Gasteiger partial charge on any atom is 0.251 e. The lowest BCUT2D eigenvalue weighted by Gasteiger charge is -2.17. The number of aromatic nitrogens is 2. The number of hydrogen-bond acceptors (Lipinski definition) is 5. The molecule has 0 saturated carbocycles. The third-order valence-electron chi connectivity index (χ3n) is 4.98. The second kappa shape index (κ2) is 8.25. The van der Waals surface area contributed by atoms with Gasteiger partial charge in [-0.3, -0.25) is 4.79 Å². The van der Waals surface area contributed by atoms with Crippen LogP contribution in [-0.4, -0.2) is 42.1 Å². The van der Waals surface area contributed by atoms with Crippen molar-refractivity contribution in [1.29, 1.82) is 0 Å². The Morgan fingerprint density at radius 1 is 1.00 bits per heavy atom. The first kappa shape index (κ1) is 18.2. The number of carbonyl (C=O) groups is 1. The number of benzene rings is 2. The van der Waals surface area contributed by atoms with Gasteiger partial charge in [-0.05, 0) is 42.7 Å². The van der Waals surface area contributed by atoms with Crippen LogP contribution in [0.1, 0.15) is 28.9 Å². The van der Waals surface area contributed by atoms with Gasteiger partial charge in [-0.2, -0.15) is 4.98 Å². The van der Waals surface area contributed by atoms with Crippen LogP contribution in [-0.2, 0) is 0 Å². The summed E-state index contributed by atoms with van der Waals surface area (Å²) in [7, 11) is 0.